The molecule has 100 valence electrons. The lowest BCUT2D eigenvalue weighted by Crippen LogP contribution is -2.33. The molecule has 0 radical (unpaired) electrons. The Balaban J connectivity index is 2.14. The number of benzene rings is 2. The summed E-state index contributed by atoms with van der Waals surface area (Å²) in [5.41, 5.74) is 1.05. The van der Waals surface area contributed by atoms with E-state index in [0.29, 0.717) is 25.4 Å². The number of hydrogen-bond donors (Lipinski definition) is 0. The van der Waals surface area contributed by atoms with Crippen LogP contribution in [0.25, 0.3) is 10.8 Å². The topological polar surface area (TPSA) is 20.3 Å². The molecule has 2 nitrogen and oxygen atoms in total. The van der Waals surface area contributed by atoms with Crippen LogP contribution in [0.15, 0.2) is 42.5 Å². The monoisotopic (exact) mass is 275 g/mol. The third kappa shape index (κ3) is 3.48. The summed E-state index contributed by atoms with van der Waals surface area (Å²) in [7, 11) is 0. The average molecular weight is 276 g/mol. The molecule has 0 N–H and O–H groups in total. The van der Waals surface area contributed by atoms with Crippen molar-refractivity contribution in [3.8, 4) is 0 Å². The first-order chi connectivity index (χ1) is 9.24. The molecule has 0 heterocycles. The van der Waals surface area contributed by atoms with Gasteiger partial charge in [0.25, 0.3) is 0 Å². The van der Waals surface area contributed by atoms with E-state index in [2.05, 4.69) is 24.3 Å². The maximum Gasteiger partial charge on any atom is 0.227 e. The number of halogens is 1. The van der Waals surface area contributed by atoms with Crippen molar-refractivity contribution in [3.05, 3.63) is 48.0 Å². The minimum absolute atomic E-state index is 0.137. The summed E-state index contributed by atoms with van der Waals surface area (Å²) in [6.45, 7) is 3.30. The van der Waals surface area contributed by atoms with Crippen molar-refractivity contribution in [2.24, 2.45) is 0 Å². The molecule has 1 amide bonds. The second-order valence-corrected chi connectivity index (χ2v) is 4.90. The lowest BCUT2D eigenvalue weighted by Gasteiger charge is -2.19. The molecule has 0 spiro atoms. The lowest BCUT2D eigenvalue weighted by atomic mass is 10.0. The molecule has 3 heteroatoms. The van der Waals surface area contributed by atoms with E-state index in [1.54, 1.807) is 4.90 Å². The molecule has 19 heavy (non-hydrogen) atoms. The van der Waals surface area contributed by atoms with Crippen LogP contribution in [0.4, 0.5) is 0 Å². The molecule has 0 saturated carbocycles. The zero-order chi connectivity index (χ0) is 13.7. The van der Waals surface area contributed by atoms with Crippen molar-refractivity contribution in [3.63, 3.8) is 0 Å². The van der Waals surface area contributed by atoms with Crippen LogP contribution in [-0.4, -0.2) is 29.8 Å². The average Bonchev–Trinajstić information content (AvgIpc) is 2.44. The number of alkyl halides is 1. The van der Waals surface area contributed by atoms with Gasteiger partial charge in [0.2, 0.25) is 5.91 Å². The minimum Gasteiger partial charge on any atom is -0.341 e. The summed E-state index contributed by atoms with van der Waals surface area (Å²) in [6, 6.07) is 14.4. The standard InChI is InChI=1S/C16H18ClNO/c1-2-18(10-9-17)16(19)12-13-7-8-14-5-3-4-6-15(14)11-13/h3-8,11H,2,9-10,12H2,1H3. The van der Waals surface area contributed by atoms with Gasteiger partial charge >= 0.3 is 0 Å². The van der Waals surface area contributed by atoms with Crippen LogP contribution in [-0.2, 0) is 11.2 Å². The van der Waals surface area contributed by atoms with E-state index < -0.39 is 0 Å². The Morgan fingerprint density at radius 3 is 2.58 bits per heavy atom. The second kappa shape index (κ2) is 6.58. The molecule has 0 aliphatic carbocycles. The Morgan fingerprint density at radius 1 is 1.16 bits per heavy atom. The van der Waals surface area contributed by atoms with E-state index in [1.165, 1.54) is 10.8 Å². The molecular formula is C16H18ClNO. The fraction of sp³-hybridized carbons (Fsp3) is 0.312. The molecule has 0 aliphatic rings. The highest BCUT2D eigenvalue weighted by Crippen LogP contribution is 2.16. The Hall–Kier alpha value is -1.54. The van der Waals surface area contributed by atoms with Gasteiger partial charge in [0.05, 0.1) is 6.42 Å². The van der Waals surface area contributed by atoms with Crippen LogP contribution in [0, 0.1) is 0 Å². The lowest BCUT2D eigenvalue weighted by molar-refractivity contribution is -0.130. The van der Waals surface area contributed by atoms with Crippen molar-refractivity contribution in [1.82, 2.24) is 4.90 Å². The number of likely N-dealkylation sites (N-methyl/N-ethyl adjacent to an activating group) is 1. The Morgan fingerprint density at radius 2 is 1.89 bits per heavy atom. The predicted octanol–water partition coefficient (Wildman–Crippen LogP) is 3.47. The van der Waals surface area contributed by atoms with Gasteiger partial charge < -0.3 is 4.90 Å². The van der Waals surface area contributed by atoms with E-state index >= 15 is 0 Å². The minimum atomic E-state index is 0.137. The SMILES string of the molecule is CCN(CCCl)C(=O)Cc1ccc2ccccc2c1. The molecule has 0 unspecified atom stereocenters. The highest BCUT2D eigenvalue weighted by Gasteiger charge is 2.11. The molecule has 0 fully saturated rings. The number of carbonyl (C=O) groups is 1. The number of nitrogens with zero attached hydrogens (tertiary/aromatic N) is 1. The fourth-order valence-electron chi connectivity index (χ4n) is 2.20. The number of fused-ring (bicyclic) bond motifs is 1. The smallest absolute Gasteiger partial charge is 0.227 e. The summed E-state index contributed by atoms with van der Waals surface area (Å²) in [6.07, 6.45) is 0.440. The normalized spacial score (nSPS) is 10.6. The molecule has 0 aromatic heterocycles. The van der Waals surface area contributed by atoms with Crippen LogP contribution in [0.2, 0.25) is 0 Å². The van der Waals surface area contributed by atoms with Gasteiger partial charge in [0, 0.05) is 19.0 Å². The predicted molar refractivity (Wildman–Crippen MR) is 80.6 cm³/mol. The fourth-order valence-corrected chi connectivity index (χ4v) is 2.40. The van der Waals surface area contributed by atoms with Gasteiger partial charge in [-0.05, 0) is 23.3 Å². The first-order valence-electron chi connectivity index (χ1n) is 6.56. The van der Waals surface area contributed by atoms with Crippen molar-refractivity contribution in [2.75, 3.05) is 19.0 Å². The number of amides is 1. The maximum absolute atomic E-state index is 12.1. The number of carbonyl (C=O) groups excluding carboxylic acids is 1. The Kier molecular flexibility index (Phi) is 4.80. The zero-order valence-electron chi connectivity index (χ0n) is 11.1. The summed E-state index contributed by atoms with van der Waals surface area (Å²) in [4.78, 5) is 13.9. The third-order valence-corrected chi connectivity index (χ3v) is 3.43. The molecule has 2 aromatic carbocycles. The Labute approximate surface area is 119 Å². The number of rotatable bonds is 5. The Bertz CT molecular complexity index is 567. The highest BCUT2D eigenvalue weighted by molar-refractivity contribution is 6.18. The van der Waals surface area contributed by atoms with E-state index in [1.807, 2.05) is 25.1 Å². The van der Waals surface area contributed by atoms with Gasteiger partial charge in [-0.3, -0.25) is 4.79 Å². The van der Waals surface area contributed by atoms with Crippen LogP contribution >= 0.6 is 11.6 Å². The van der Waals surface area contributed by atoms with Crippen molar-refractivity contribution in [2.45, 2.75) is 13.3 Å². The maximum atomic E-state index is 12.1. The molecule has 0 aliphatic heterocycles. The number of hydrogen-bond acceptors (Lipinski definition) is 1. The van der Waals surface area contributed by atoms with Gasteiger partial charge in [0.1, 0.15) is 0 Å². The summed E-state index contributed by atoms with van der Waals surface area (Å²) in [5.74, 6) is 0.621. The van der Waals surface area contributed by atoms with Crippen LogP contribution in [0.5, 0.6) is 0 Å². The molecule has 2 rings (SSSR count). The largest absolute Gasteiger partial charge is 0.341 e. The van der Waals surface area contributed by atoms with Gasteiger partial charge in [-0.25, -0.2) is 0 Å². The van der Waals surface area contributed by atoms with Crippen molar-refractivity contribution in [1.29, 1.82) is 0 Å². The van der Waals surface area contributed by atoms with E-state index in [9.17, 15) is 4.79 Å². The van der Waals surface area contributed by atoms with Gasteiger partial charge in [-0.15, -0.1) is 11.6 Å². The van der Waals surface area contributed by atoms with Gasteiger partial charge in [0.15, 0.2) is 0 Å². The quantitative estimate of drug-likeness (QED) is 0.765. The van der Waals surface area contributed by atoms with Crippen LogP contribution in [0.3, 0.4) is 0 Å². The first kappa shape index (κ1) is 13.9. The van der Waals surface area contributed by atoms with Crippen LogP contribution < -0.4 is 0 Å². The van der Waals surface area contributed by atoms with Crippen molar-refractivity contribution < 1.29 is 4.79 Å². The van der Waals surface area contributed by atoms with Gasteiger partial charge in [-0.2, -0.15) is 0 Å². The van der Waals surface area contributed by atoms with Crippen LogP contribution in [0.1, 0.15) is 12.5 Å². The summed E-state index contributed by atoms with van der Waals surface area (Å²) in [5, 5.41) is 2.37. The summed E-state index contributed by atoms with van der Waals surface area (Å²) < 4.78 is 0. The third-order valence-electron chi connectivity index (χ3n) is 3.26. The van der Waals surface area contributed by atoms with Crippen molar-refractivity contribution >= 4 is 28.3 Å². The molecule has 0 atom stereocenters. The molecule has 2 aromatic rings. The van der Waals surface area contributed by atoms with Gasteiger partial charge in [-0.1, -0.05) is 42.5 Å². The zero-order valence-corrected chi connectivity index (χ0v) is 11.9. The highest BCUT2D eigenvalue weighted by atomic mass is 35.5. The van der Waals surface area contributed by atoms with E-state index in [0.717, 1.165) is 5.56 Å². The van der Waals surface area contributed by atoms with E-state index in [4.69, 9.17) is 11.6 Å². The molecule has 0 saturated heterocycles. The van der Waals surface area contributed by atoms with E-state index in [-0.39, 0.29) is 5.91 Å². The second-order valence-electron chi connectivity index (χ2n) is 4.52. The molecular weight excluding hydrogens is 258 g/mol. The first-order valence-corrected chi connectivity index (χ1v) is 7.09. The summed E-state index contributed by atoms with van der Waals surface area (Å²) >= 11 is 5.71. The molecule has 0 bridgehead atoms.